The number of amides is 2. The number of nitrogens with one attached hydrogen (secondary N) is 1. The summed E-state index contributed by atoms with van der Waals surface area (Å²) < 4.78 is 0. The van der Waals surface area contributed by atoms with E-state index in [1.165, 1.54) is 18.4 Å². The minimum atomic E-state index is -0.125. The van der Waals surface area contributed by atoms with Gasteiger partial charge in [0.25, 0.3) is 5.91 Å². The van der Waals surface area contributed by atoms with Crippen molar-refractivity contribution in [2.24, 2.45) is 5.92 Å². The van der Waals surface area contributed by atoms with E-state index in [2.05, 4.69) is 35.3 Å². The van der Waals surface area contributed by atoms with Gasteiger partial charge in [0, 0.05) is 32.7 Å². The van der Waals surface area contributed by atoms with E-state index in [1.807, 2.05) is 23.1 Å². The van der Waals surface area contributed by atoms with Gasteiger partial charge in [-0.25, -0.2) is 0 Å². The molecule has 1 aliphatic heterocycles. The van der Waals surface area contributed by atoms with Crippen molar-refractivity contribution in [3.63, 3.8) is 0 Å². The van der Waals surface area contributed by atoms with Crippen LogP contribution in [0.3, 0.4) is 0 Å². The van der Waals surface area contributed by atoms with Crippen molar-refractivity contribution < 1.29 is 9.59 Å². The molecule has 2 fully saturated rings. The zero-order chi connectivity index (χ0) is 22.5. The Morgan fingerprint density at radius 3 is 2.44 bits per heavy atom. The Kier molecular flexibility index (Phi) is 7.48. The van der Waals surface area contributed by atoms with Gasteiger partial charge in [0.05, 0.1) is 16.6 Å². The van der Waals surface area contributed by atoms with E-state index in [0.717, 1.165) is 18.4 Å². The minimum absolute atomic E-state index is 0.0310. The van der Waals surface area contributed by atoms with E-state index < -0.39 is 0 Å². The highest BCUT2D eigenvalue weighted by Crippen LogP contribution is 2.31. The van der Waals surface area contributed by atoms with Crippen LogP contribution in [0.2, 0.25) is 5.02 Å². The molecule has 32 heavy (non-hydrogen) atoms. The SMILES string of the molecule is Cc1cccc(CNC(=O)[C@@H](C2CCCC2)N2CCN(C(=O)c3ccccc3Cl)CC2)c1. The van der Waals surface area contributed by atoms with Gasteiger partial charge < -0.3 is 10.2 Å². The first-order chi connectivity index (χ1) is 15.5. The molecule has 1 atom stereocenters. The lowest BCUT2D eigenvalue weighted by Gasteiger charge is -2.40. The lowest BCUT2D eigenvalue weighted by atomic mass is 9.94. The summed E-state index contributed by atoms with van der Waals surface area (Å²) in [5, 5.41) is 3.67. The number of halogens is 1. The van der Waals surface area contributed by atoms with Crippen molar-refractivity contribution in [3.05, 3.63) is 70.2 Å². The molecule has 0 bridgehead atoms. The summed E-state index contributed by atoms with van der Waals surface area (Å²) >= 11 is 6.23. The Bertz CT molecular complexity index is 950. The van der Waals surface area contributed by atoms with Gasteiger partial charge in [0.15, 0.2) is 0 Å². The number of benzene rings is 2. The summed E-state index contributed by atoms with van der Waals surface area (Å²) in [5.74, 6) is 0.471. The monoisotopic (exact) mass is 453 g/mol. The van der Waals surface area contributed by atoms with E-state index in [1.54, 1.807) is 12.1 Å². The minimum Gasteiger partial charge on any atom is -0.351 e. The number of hydrogen-bond acceptors (Lipinski definition) is 3. The lowest BCUT2D eigenvalue weighted by Crippen LogP contribution is -2.57. The quantitative estimate of drug-likeness (QED) is 0.710. The number of rotatable bonds is 6. The molecule has 1 saturated heterocycles. The second-order valence-corrected chi connectivity index (χ2v) is 9.41. The summed E-state index contributed by atoms with van der Waals surface area (Å²) in [4.78, 5) is 30.4. The number of hydrogen-bond donors (Lipinski definition) is 1. The van der Waals surface area contributed by atoms with E-state index in [0.29, 0.717) is 49.2 Å². The standard InChI is InChI=1S/C26H32ClN3O2/c1-19-7-6-8-20(17-19)18-28-25(31)24(21-9-2-3-10-21)29-13-15-30(16-14-29)26(32)22-11-4-5-12-23(22)27/h4-8,11-12,17,21,24H,2-3,9-10,13-16,18H2,1H3,(H,28,31)/t24-/m1/s1. The van der Waals surface area contributed by atoms with Crippen LogP contribution in [0.1, 0.15) is 47.2 Å². The first kappa shape index (κ1) is 22.8. The van der Waals surface area contributed by atoms with Gasteiger partial charge in [-0.1, -0.05) is 66.4 Å². The molecular formula is C26H32ClN3O2. The summed E-state index contributed by atoms with van der Waals surface area (Å²) in [7, 11) is 0. The molecule has 6 heteroatoms. The average Bonchev–Trinajstić information content (AvgIpc) is 3.33. The van der Waals surface area contributed by atoms with Crippen molar-refractivity contribution in [3.8, 4) is 0 Å². The van der Waals surface area contributed by atoms with Crippen molar-refractivity contribution in [2.75, 3.05) is 26.2 Å². The second kappa shape index (κ2) is 10.5. The van der Waals surface area contributed by atoms with Crippen LogP contribution >= 0.6 is 11.6 Å². The third-order valence-corrected chi connectivity index (χ3v) is 7.09. The molecule has 2 aliphatic rings. The van der Waals surface area contributed by atoms with Crippen molar-refractivity contribution >= 4 is 23.4 Å². The number of nitrogens with zero attached hydrogens (tertiary/aromatic N) is 2. The van der Waals surface area contributed by atoms with Crippen molar-refractivity contribution in [2.45, 2.75) is 45.2 Å². The van der Waals surface area contributed by atoms with Crippen LogP contribution < -0.4 is 5.32 Å². The highest BCUT2D eigenvalue weighted by atomic mass is 35.5. The van der Waals surface area contributed by atoms with Gasteiger partial charge in [-0.2, -0.15) is 0 Å². The molecule has 1 heterocycles. The molecule has 1 saturated carbocycles. The number of carbonyl (C=O) groups excluding carboxylic acids is 2. The van der Waals surface area contributed by atoms with Crippen LogP contribution in [-0.2, 0) is 11.3 Å². The van der Waals surface area contributed by atoms with Gasteiger partial charge in [-0.15, -0.1) is 0 Å². The Labute approximate surface area is 195 Å². The zero-order valence-electron chi connectivity index (χ0n) is 18.7. The van der Waals surface area contributed by atoms with E-state index in [9.17, 15) is 9.59 Å². The average molecular weight is 454 g/mol. The predicted molar refractivity (Wildman–Crippen MR) is 128 cm³/mol. The number of aryl methyl sites for hydroxylation is 1. The van der Waals surface area contributed by atoms with E-state index in [-0.39, 0.29) is 17.9 Å². The Morgan fingerprint density at radius 2 is 1.75 bits per heavy atom. The van der Waals surface area contributed by atoms with Crippen molar-refractivity contribution in [1.29, 1.82) is 0 Å². The number of carbonyl (C=O) groups is 2. The van der Waals surface area contributed by atoms with Gasteiger partial charge in [0.1, 0.15) is 0 Å². The molecule has 0 unspecified atom stereocenters. The Morgan fingerprint density at radius 1 is 1.03 bits per heavy atom. The summed E-state index contributed by atoms with van der Waals surface area (Å²) in [6, 6.07) is 15.3. The smallest absolute Gasteiger partial charge is 0.255 e. The maximum absolute atomic E-state index is 13.3. The largest absolute Gasteiger partial charge is 0.351 e. The Hall–Kier alpha value is -2.37. The Balaban J connectivity index is 1.40. The molecule has 5 nitrogen and oxygen atoms in total. The molecule has 170 valence electrons. The van der Waals surface area contributed by atoms with Crippen LogP contribution in [0, 0.1) is 12.8 Å². The maximum atomic E-state index is 13.3. The molecule has 2 amide bonds. The molecule has 0 aromatic heterocycles. The second-order valence-electron chi connectivity index (χ2n) is 9.00. The third-order valence-electron chi connectivity index (χ3n) is 6.76. The first-order valence-electron chi connectivity index (χ1n) is 11.6. The molecule has 0 radical (unpaired) electrons. The van der Waals surface area contributed by atoms with Crippen LogP contribution in [0.25, 0.3) is 0 Å². The van der Waals surface area contributed by atoms with Crippen LogP contribution in [-0.4, -0.2) is 53.8 Å². The molecule has 0 spiro atoms. The van der Waals surface area contributed by atoms with Crippen LogP contribution in [0.4, 0.5) is 0 Å². The third kappa shape index (κ3) is 5.33. The molecule has 2 aromatic carbocycles. The molecule has 1 aliphatic carbocycles. The fraction of sp³-hybridized carbons (Fsp3) is 0.462. The summed E-state index contributed by atoms with van der Waals surface area (Å²) in [5.41, 5.74) is 2.87. The highest BCUT2D eigenvalue weighted by molar-refractivity contribution is 6.33. The molecule has 1 N–H and O–H groups in total. The molecule has 2 aromatic rings. The fourth-order valence-corrected chi connectivity index (χ4v) is 5.29. The van der Waals surface area contributed by atoms with Gasteiger partial charge >= 0.3 is 0 Å². The molecular weight excluding hydrogens is 422 g/mol. The number of piperazine rings is 1. The fourth-order valence-electron chi connectivity index (χ4n) is 5.08. The van der Waals surface area contributed by atoms with E-state index >= 15 is 0 Å². The molecule has 4 rings (SSSR count). The predicted octanol–water partition coefficient (Wildman–Crippen LogP) is 4.28. The van der Waals surface area contributed by atoms with Crippen molar-refractivity contribution in [1.82, 2.24) is 15.1 Å². The first-order valence-corrected chi connectivity index (χ1v) is 12.0. The summed E-state index contributed by atoms with van der Waals surface area (Å²) in [6.07, 6.45) is 4.58. The maximum Gasteiger partial charge on any atom is 0.255 e. The van der Waals surface area contributed by atoms with Crippen LogP contribution in [0.5, 0.6) is 0 Å². The van der Waals surface area contributed by atoms with Gasteiger partial charge in [-0.05, 0) is 43.4 Å². The van der Waals surface area contributed by atoms with Gasteiger partial charge in [-0.3, -0.25) is 14.5 Å². The van der Waals surface area contributed by atoms with E-state index in [4.69, 9.17) is 11.6 Å². The van der Waals surface area contributed by atoms with Gasteiger partial charge in [0.2, 0.25) is 5.91 Å². The zero-order valence-corrected chi connectivity index (χ0v) is 19.5. The highest BCUT2D eigenvalue weighted by Gasteiger charge is 2.37. The normalized spacial score (nSPS) is 18.5. The summed E-state index contributed by atoms with van der Waals surface area (Å²) in [6.45, 7) is 5.24. The van der Waals surface area contributed by atoms with Crippen LogP contribution in [0.15, 0.2) is 48.5 Å². The topological polar surface area (TPSA) is 52.7 Å². The lowest BCUT2D eigenvalue weighted by molar-refractivity contribution is -0.129.